The lowest BCUT2D eigenvalue weighted by Gasteiger charge is -2.08. The molecule has 2 N–H and O–H groups in total. The summed E-state index contributed by atoms with van der Waals surface area (Å²) in [7, 11) is 1.54. The number of aromatic nitrogens is 2. The first kappa shape index (κ1) is 15.4. The molecule has 0 aliphatic heterocycles. The molecule has 3 rings (SSSR count). The first-order valence-electron chi connectivity index (χ1n) is 7.22. The van der Waals surface area contributed by atoms with E-state index in [-0.39, 0.29) is 6.61 Å². The Balaban J connectivity index is 1.70. The van der Waals surface area contributed by atoms with Crippen molar-refractivity contribution < 1.29 is 9.47 Å². The number of nitrogens with zero attached hydrogens (tertiary/aromatic N) is 3. The summed E-state index contributed by atoms with van der Waals surface area (Å²) in [6, 6.07) is 15.0. The van der Waals surface area contributed by atoms with Crippen LogP contribution in [-0.4, -0.2) is 29.9 Å². The number of imidazole rings is 1. The summed E-state index contributed by atoms with van der Waals surface area (Å²) >= 11 is 0. The molecule has 0 fully saturated rings. The van der Waals surface area contributed by atoms with E-state index in [2.05, 4.69) is 20.5 Å². The number of methoxy groups -OCH3 is 1. The minimum absolute atomic E-state index is 0.0304. The van der Waals surface area contributed by atoms with E-state index in [1.54, 1.807) is 25.5 Å². The summed E-state index contributed by atoms with van der Waals surface area (Å²) < 4.78 is 10.5. The van der Waals surface area contributed by atoms with Crippen LogP contribution in [0.4, 0.5) is 5.95 Å². The molecular formula is C17H15N5O2. The molecule has 24 heavy (non-hydrogen) atoms. The minimum atomic E-state index is -0.0304. The molecule has 0 aliphatic carbocycles. The van der Waals surface area contributed by atoms with Crippen molar-refractivity contribution in [3.63, 3.8) is 0 Å². The van der Waals surface area contributed by atoms with Crippen LogP contribution in [0.3, 0.4) is 0 Å². The van der Waals surface area contributed by atoms with Gasteiger partial charge in [-0.1, -0.05) is 12.1 Å². The third-order valence-corrected chi connectivity index (χ3v) is 3.25. The van der Waals surface area contributed by atoms with Crippen LogP contribution < -0.4 is 14.9 Å². The summed E-state index contributed by atoms with van der Waals surface area (Å²) in [5, 5.41) is 12.7. The molecule has 3 aromatic rings. The second-order valence-electron chi connectivity index (χ2n) is 4.83. The Labute approximate surface area is 138 Å². The first-order valence-corrected chi connectivity index (χ1v) is 7.22. The average molecular weight is 321 g/mol. The van der Waals surface area contributed by atoms with E-state index in [0.29, 0.717) is 17.4 Å². The Morgan fingerprint density at radius 1 is 1.29 bits per heavy atom. The van der Waals surface area contributed by atoms with Crippen molar-refractivity contribution in [1.82, 2.24) is 9.97 Å². The van der Waals surface area contributed by atoms with Gasteiger partial charge in [-0.15, -0.1) is 0 Å². The third-order valence-electron chi connectivity index (χ3n) is 3.25. The Hall–Kier alpha value is -3.53. The largest absolute Gasteiger partial charge is 0.493 e. The van der Waals surface area contributed by atoms with Crippen molar-refractivity contribution >= 4 is 23.2 Å². The number of para-hydroxylation sites is 2. The zero-order valence-corrected chi connectivity index (χ0v) is 13.0. The molecule has 1 heterocycles. The summed E-state index contributed by atoms with van der Waals surface area (Å²) in [4.78, 5) is 7.50. The van der Waals surface area contributed by atoms with E-state index in [4.69, 9.17) is 14.7 Å². The molecule has 120 valence electrons. The monoisotopic (exact) mass is 321 g/mol. The fourth-order valence-corrected chi connectivity index (χ4v) is 2.17. The Kier molecular flexibility index (Phi) is 4.58. The summed E-state index contributed by atoms with van der Waals surface area (Å²) in [5.41, 5.74) is 5.49. The number of aromatic amines is 1. The molecular weight excluding hydrogens is 306 g/mol. The SMILES string of the molecule is COc1cc(/C=N/Nc2nc3ccccc3[nH]2)ccc1OCC#N. The maximum atomic E-state index is 8.57. The van der Waals surface area contributed by atoms with Crippen molar-refractivity contribution in [1.29, 1.82) is 5.26 Å². The normalized spacial score (nSPS) is 10.7. The van der Waals surface area contributed by atoms with Gasteiger partial charge < -0.3 is 14.5 Å². The second-order valence-corrected chi connectivity index (χ2v) is 4.83. The molecule has 0 unspecified atom stereocenters. The predicted molar refractivity (Wildman–Crippen MR) is 91.4 cm³/mol. The van der Waals surface area contributed by atoms with Crippen molar-refractivity contribution in [3.05, 3.63) is 48.0 Å². The van der Waals surface area contributed by atoms with Crippen LogP contribution in [0.25, 0.3) is 11.0 Å². The molecule has 0 saturated carbocycles. The highest BCUT2D eigenvalue weighted by Crippen LogP contribution is 2.27. The van der Waals surface area contributed by atoms with Gasteiger partial charge in [0.1, 0.15) is 6.07 Å². The Morgan fingerprint density at radius 2 is 2.17 bits per heavy atom. The molecule has 0 aliphatic rings. The number of benzene rings is 2. The molecule has 0 bridgehead atoms. The fourth-order valence-electron chi connectivity index (χ4n) is 2.17. The molecule has 0 atom stereocenters. The van der Waals surface area contributed by atoms with Gasteiger partial charge in [0.15, 0.2) is 18.1 Å². The molecule has 0 saturated heterocycles. The quantitative estimate of drug-likeness (QED) is 0.537. The van der Waals surface area contributed by atoms with Crippen LogP contribution in [0.5, 0.6) is 11.5 Å². The number of hydrogen-bond acceptors (Lipinski definition) is 6. The summed E-state index contributed by atoms with van der Waals surface area (Å²) in [5.74, 6) is 1.62. The van der Waals surface area contributed by atoms with Gasteiger partial charge in [0.2, 0.25) is 5.95 Å². The lowest BCUT2D eigenvalue weighted by Crippen LogP contribution is -1.98. The maximum absolute atomic E-state index is 8.57. The molecule has 7 nitrogen and oxygen atoms in total. The number of nitriles is 1. The van der Waals surface area contributed by atoms with Crippen molar-refractivity contribution in [2.75, 3.05) is 19.1 Å². The highest BCUT2D eigenvalue weighted by molar-refractivity contribution is 5.82. The van der Waals surface area contributed by atoms with Gasteiger partial charge in [-0.3, -0.25) is 0 Å². The van der Waals surface area contributed by atoms with Gasteiger partial charge in [0.25, 0.3) is 0 Å². The van der Waals surface area contributed by atoms with Crippen LogP contribution in [0.2, 0.25) is 0 Å². The van der Waals surface area contributed by atoms with E-state index in [9.17, 15) is 0 Å². The van der Waals surface area contributed by atoms with Crippen LogP contribution >= 0.6 is 0 Å². The van der Waals surface area contributed by atoms with E-state index < -0.39 is 0 Å². The van der Waals surface area contributed by atoms with Crippen molar-refractivity contribution in [3.8, 4) is 17.6 Å². The van der Waals surface area contributed by atoms with E-state index in [0.717, 1.165) is 16.6 Å². The first-order chi connectivity index (χ1) is 11.8. The number of nitrogens with one attached hydrogen (secondary N) is 2. The second kappa shape index (κ2) is 7.15. The van der Waals surface area contributed by atoms with Gasteiger partial charge in [0, 0.05) is 0 Å². The number of ether oxygens (including phenoxy) is 2. The topological polar surface area (TPSA) is 95.3 Å². The number of fused-ring (bicyclic) bond motifs is 1. The lowest BCUT2D eigenvalue weighted by atomic mass is 10.2. The van der Waals surface area contributed by atoms with Crippen LogP contribution in [0, 0.1) is 11.3 Å². The van der Waals surface area contributed by atoms with Crippen LogP contribution in [-0.2, 0) is 0 Å². The number of hydrogen-bond donors (Lipinski definition) is 2. The lowest BCUT2D eigenvalue weighted by molar-refractivity contribution is 0.329. The number of rotatable bonds is 6. The molecule has 0 radical (unpaired) electrons. The van der Waals surface area contributed by atoms with Crippen molar-refractivity contribution in [2.24, 2.45) is 5.10 Å². The third kappa shape index (κ3) is 3.44. The van der Waals surface area contributed by atoms with E-state index in [1.807, 2.05) is 36.4 Å². The number of hydrazone groups is 1. The zero-order valence-electron chi connectivity index (χ0n) is 13.0. The van der Waals surface area contributed by atoms with E-state index >= 15 is 0 Å². The average Bonchev–Trinajstić information content (AvgIpc) is 3.03. The minimum Gasteiger partial charge on any atom is -0.493 e. The molecule has 1 aromatic heterocycles. The van der Waals surface area contributed by atoms with Gasteiger partial charge in [-0.25, -0.2) is 10.4 Å². The molecule has 0 amide bonds. The highest BCUT2D eigenvalue weighted by atomic mass is 16.5. The smallest absolute Gasteiger partial charge is 0.222 e. The number of anilines is 1. The summed E-state index contributed by atoms with van der Waals surface area (Å²) in [6.45, 7) is -0.0304. The van der Waals surface area contributed by atoms with Crippen LogP contribution in [0.1, 0.15) is 5.56 Å². The van der Waals surface area contributed by atoms with Gasteiger partial charge in [0.05, 0.1) is 24.4 Å². The van der Waals surface area contributed by atoms with Gasteiger partial charge in [-0.2, -0.15) is 10.4 Å². The van der Waals surface area contributed by atoms with Gasteiger partial charge in [-0.05, 0) is 35.9 Å². The molecule has 7 heteroatoms. The van der Waals surface area contributed by atoms with Crippen molar-refractivity contribution in [2.45, 2.75) is 0 Å². The van der Waals surface area contributed by atoms with Crippen LogP contribution in [0.15, 0.2) is 47.6 Å². The summed E-state index contributed by atoms with van der Waals surface area (Å²) in [6.07, 6.45) is 1.64. The van der Waals surface area contributed by atoms with E-state index in [1.165, 1.54) is 0 Å². The van der Waals surface area contributed by atoms with Gasteiger partial charge >= 0.3 is 0 Å². The molecule has 0 spiro atoms. The molecule has 2 aromatic carbocycles. The number of H-pyrrole nitrogens is 1. The maximum Gasteiger partial charge on any atom is 0.222 e. The predicted octanol–water partition coefficient (Wildman–Crippen LogP) is 2.92. The fraction of sp³-hybridized carbons (Fsp3) is 0.118. The highest BCUT2D eigenvalue weighted by Gasteiger charge is 2.05. The Morgan fingerprint density at radius 3 is 2.96 bits per heavy atom. The zero-order chi connectivity index (χ0) is 16.8. The standard InChI is InChI=1S/C17H15N5O2/c1-23-16-10-12(6-7-15(16)24-9-8-18)11-19-22-17-20-13-4-2-3-5-14(13)21-17/h2-7,10-11H,9H2,1H3,(H2,20,21,22)/b19-11+. The Bertz CT molecular complexity index is 878.